The third-order valence-electron chi connectivity index (χ3n) is 5.10. The highest BCUT2D eigenvalue weighted by molar-refractivity contribution is 7.99. The average Bonchev–Trinajstić information content (AvgIpc) is 2.71. The highest BCUT2D eigenvalue weighted by Gasteiger charge is 2.29. The lowest BCUT2D eigenvalue weighted by Gasteiger charge is -2.31. The second-order valence-corrected chi connectivity index (χ2v) is 8.08. The fourth-order valence-corrected chi connectivity index (χ4v) is 4.25. The number of aromatic nitrogens is 1. The number of hydrogen-bond acceptors (Lipinski definition) is 5. The molecule has 1 amide bonds. The third kappa shape index (κ3) is 4.73. The van der Waals surface area contributed by atoms with E-state index in [4.69, 9.17) is 4.74 Å². The van der Waals surface area contributed by atoms with Crippen LogP contribution in [0.25, 0.3) is 0 Å². The molecule has 2 heterocycles. The Hall–Kier alpha value is -2.34. The molecule has 1 aromatic carbocycles. The Kier molecular flexibility index (Phi) is 6.73. The first kappa shape index (κ1) is 20.4. The summed E-state index contributed by atoms with van der Waals surface area (Å²) in [7, 11) is 0. The SMILES string of the molecule is CCOC(=O)C1CCN(C(=O)c2cccnc2Sc2ccc(C)c(C)c2)CC1. The summed E-state index contributed by atoms with van der Waals surface area (Å²) in [5.41, 5.74) is 3.07. The number of ether oxygens (including phenoxy) is 1. The van der Waals surface area contributed by atoms with E-state index < -0.39 is 0 Å². The summed E-state index contributed by atoms with van der Waals surface area (Å²) in [6, 6.07) is 9.88. The van der Waals surface area contributed by atoms with Crippen LogP contribution in [0.3, 0.4) is 0 Å². The van der Waals surface area contributed by atoms with Crippen LogP contribution >= 0.6 is 11.8 Å². The van der Waals surface area contributed by atoms with Crippen LogP contribution < -0.4 is 0 Å². The van der Waals surface area contributed by atoms with Crippen molar-refractivity contribution in [2.75, 3.05) is 19.7 Å². The van der Waals surface area contributed by atoms with Gasteiger partial charge >= 0.3 is 5.97 Å². The van der Waals surface area contributed by atoms with Crippen LogP contribution in [0.15, 0.2) is 46.5 Å². The summed E-state index contributed by atoms with van der Waals surface area (Å²) >= 11 is 1.51. The molecule has 28 heavy (non-hydrogen) atoms. The minimum absolute atomic E-state index is 0.0262. The van der Waals surface area contributed by atoms with Crippen LogP contribution in [0.1, 0.15) is 41.3 Å². The largest absolute Gasteiger partial charge is 0.466 e. The van der Waals surface area contributed by atoms with Crippen molar-refractivity contribution in [3.8, 4) is 0 Å². The third-order valence-corrected chi connectivity index (χ3v) is 6.10. The van der Waals surface area contributed by atoms with Crippen molar-refractivity contribution in [3.63, 3.8) is 0 Å². The second kappa shape index (κ2) is 9.24. The van der Waals surface area contributed by atoms with Gasteiger partial charge in [-0.2, -0.15) is 0 Å². The molecule has 1 aromatic heterocycles. The van der Waals surface area contributed by atoms with Crippen LogP contribution in [0, 0.1) is 19.8 Å². The lowest BCUT2D eigenvalue weighted by molar-refractivity contribution is -0.149. The maximum Gasteiger partial charge on any atom is 0.309 e. The Morgan fingerprint density at radius 1 is 1.18 bits per heavy atom. The number of benzene rings is 1. The number of carbonyl (C=O) groups is 2. The van der Waals surface area contributed by atoms with Crippen molar-refractivity contribution in [3.05, 3.63) is 53.2 Å². The first-order chi connectivity index (χ1) is 13.5. The van der Waals surface area contributed by atoms with E-state index in [2.05, 4.69) is 37.0 Å². The molecule has 0 atom stereocenters. The van der Waals surface area contributed by atoms with Gasteiger partial charge in [-0.15, -0.1) is 0 Å². The van der Waals surface area contributed by atoms with Gasteiger partial charge in [0.1, 0.15) is 5.03 Å². The van der Waals surface area contributed by atoms with E-state index in [1.54, 1.807) is 12.3 Å². The second-order valence-electron chi connectivity index (χ2n) is 7.02. The Bertz CT molecular complexity index is 861. The smallest absolute Gasteiger partial charge is 0.309 e. The topological polar surface area (TPSA) is 59.5 Å². The molecule has 1 saturated heterocycles. The van der Waals surface area contributed by atoms with Crippen molar-refractivity contribution in [2.45, 2.75) is 43.5 Å². The van der Waals surface area contributed by atoms with Crippen molar-refractivity contribution in [1.82, 2.24) is 9.88 Å². The van der Waals surface area contributed by atoms with Gasteiger partial charge in [0.25, 0.3) is 5.91 Å². The van der Waals surface area contributed by atoms with Crippen molar-refractivity contribution < 1.29 is 14.3 Å². The van der Waals surface area contributed by atoms with Gasteiger partial charge in [-0.3, -0.25) is 9.59 Å². The molecule has 0 unspecified atom stereocenters. The highest BCUT2D eigenvalue weighted by Crippen LogP contribution is 2.31. The zero-order chi connectivity index (χ0) is 20.1. The molecule has 0 aliphatic carbocycles. The monoisotopic (exact) mass is 398 g/mol. The van der Waals surface area contributed by atoms with E-state index in [0.29, 0.717) is 43.1 Å². The number of rotatable bonds is 5. The quantitative estimate of drug-likeness (QED) is 0.704. The van der Waals surface area contributed by atoms with Crippen LogP contribution in [-0.2, 0) is 9.53 Å². The summed E-state index contributed by atoms with van der Waals surface area (Å²) in [5, 5.41) is 0.711. The van der Waals surface area contributed by atoms with Gasteiger partial charge in [0.05, 0.1) is 18.1 Å². The molecule has 0 spiro atoms. The van der Waals surface area contributed by atoms with Gasteiger partial charge in [-0.05, 0) is 69.0 Å². The normalized spacial score (nSPS) is 14.8. The molecular weight excluding hydrogens is 372 g/mol. The van der Waals surface area contributed by atoms with E-state index in [1.807, 2.05) is 17.9 Å². The fourth-order valence-electron chi connectivity index (χ4n) is 3.27. The van der Waals surface area contributed by atoms with Crippen LogP contribution in [0.2, 0.25) is 0 Å². The summed E-state index contributed by atoms with van der Waals surface area (Å²) in [5.74, 6) is -0.286. The van der Waals surface area contributed by atoms with Gasteiger partial charge in [-0.1, -0.05) is 17.8 Å². The van der Waals surface area contributed by atoms with E-state index in [9.17, 15) is 9.59 Å². The van der Waals surface area contributed by atoms with Crippen LogP contribution in [0.4, 0.5) is 0 Å². The van der Waals surface area contributed by atoms with Crippen LogP contribution in [0.5, 0.6) is 0 Å². The Balaban J connectivity index is 1.71. The number of hydrogen-bond donors (Lipinski definition) is 0. The molecule has 0 radical (unpaired) electrons. The minimum atomic E-state index is -0.151. The lowest BCUT2D eigenvalue weighted by atomic mass is 9.96. The number of esters is 1. The molecule has 3 rings (SSSR count). The Morgan fingerprint density at radius 2 is 1.93 bits per heavy atom. The van der Waals surface area contributed by atoms with Gasteiger partial charge in [0, 0.05) is 24.2 Å². The van der Waals surface area contributed by atoms with Gasteiger partial charge in [0.15, 0.2) is 0 Å². The summed E-state index contributed by atoms with van der Waals surface area (Å²) < 4.78 is 5.11. The van der Waals surface area contributed by atoms with Gasteiger partial charge in [0.2, 0.25) is 0 Å². The minimum Gasteiger partial charge on any atom is -0.466 e. The van der Waals surface area contributed by atoms with Crippen molar-refractivity contribution >= 4 is 23.6 Å². The fraction of sp³-hybridized carbons (Fsp3) is 0.409. The van der Waals surface area contributed by atoms with Gasteiger partial charge in [-0.25, -0.2) is 4.98 Å². The maximum absolute atomic E-state index is 13.1. The molecule has 1 fully saturated rings. The number of carbonyl (C=O) groups excluding carboxylic acids is 2. The van der Waals surface area contributed by atoms with Gasteiger partial charge < -0.3 is 9.64 Å². The molecular formula is C22H26N2O3S. The molecule has 6 heteroatoms. The summed E-state index contributed by atoms with van der Waals surface area (Å²) in [4.78, 5) is 32.3. The molecule has 2 aromatic rings. The standard InChI is InChI=1S/C22H26N2O3S/c1-4-27-22(26)17-9-12-24(13-10-17)21(25)19-6-5-11-23-20(19)28-18-8-7-15(2)16(3)14-18/h5-8,11,14,17H,4,9-10,12-13H2,1-3H3. The molecule has 1 aliphatic rings. The summed E-state index contributed by atoms with van der Waals surface area (Å²) in [6.45, 7) is 7.49. The first-order valence-electron chi connectivity index (χ1n) is 9.65. The van der Waals surface area contributed by atoms with E-state index in [1.165, 1.54) is 22.9 Å². The van der Waals surface area contributed by atoms with E-state index in [0.717, 1.165) is 4.90 Å². The number of nitrogens with zero attached hydrogens (tertiary/aromatic N) is 2. The number of likely N-dealkylation sites (tertiary alicyclic amines) is 1. The first-order valence-corrected chi connectivity index (χ1v) is 10.5. The predicted octanol–water partition coefficient (Wildman–Crippen LogP) is 4.26. The Morgan fingerprint density at radius 3 is 2.61 bits per heavy atom. The van der Waals surface area contributed by atoms with Crippen LogP contribution in [-0.4, -0.2) is 41.5 Å². The lowest BCUT2D eigenvalue weighted by Crippen LogP contribution is -2.40. The highest BCUT2D eigenvalue weighted by atomic mass is 32.2. The molecule has 5 nitrogen and oxygen atoms in total. The summed E-state index contributed by atoms with van der Waals surface area (Å²) in [6.07, 6.45) is 3.00. The molecule has 1 aliphatic heterocycles. The van der Waals surface area contributed by atoms with Crippen molar-refractivity contribution in [1.29, 1.82) is 0 Å². The molecule has 148 valence electrons. The zero-order valence-corrected chi connectivity index (χ0v) is 17.4. The Labute approximate surface area is 170 Å². The zero-order valence-electron chi connectivity index (χ0n) is 16.6. The average molecular weight is 399 g/mol. The molecule has 0 saturated carbocycles. The molecule has 0 bridgehead atoms. The van der Waals surface area contributed by atoms with E-state index in [-0.39, 0.29) is 17.8 Å². The number of aryl methyl sites for hydroxylation is 2. The molecule has 0 N–H and O–H groups in total. The number of pyridine rings is 1. The number of piperidine rings is 1. The van der Waals surface area contributed by atoms with Crippen molar-refractivity contribution in [2.24, 2.45) is 5.92 Å². The number of amides is 1. The predicted molar refractivity (Wildman–Crippen MR) is 110 cm³/mol. The maximum atomic E-state index is 13.1. The van der Waals surface area contributed by atoms with E-state index >= 15 is 0 Å².